The molecule has 72 valence electrons. The topological polar surface area (TPSA) is 20.3 Å². The van der Waals surface area contributed by atoms with Crippen molar-refractivity contribution in [3.8, 4) is 0 Å². The highest BCUT2D eigenvalue weighted by molar-refractivity contribution is 5.90. The Hall–Kier alpha value is -0.370. The second-order valence-electron chi connectivity index (χ2n) is 5.04. The molecule has 0 N–H and O–H groups in total. The van der Waals surface area contributed by atoms with Crippen molar-refractivity contribution in [1.82, 2.24) is 4.90 Å². The van der Waals surface area contributed by atoms with Gasteiger partial charge in [0.25, 0.3) is 0 Å². The number of carbonyl (C=O) groups is 1. The number of hydrogen-bond acceptors (Lipinski definition) is 2. The van der Waals surface area contributed by atoms with Crippen LogP contribution in [0.5, 0.6) is 0 Å². The zero-order chi connectivity index (χ0) is 9.05. The van der Waals surface area contributed by atoms with Crippen LogP contribution in [0.15, 0.2) is 0 Å². The van der Waals surface area contributed by atoms with Crippen molar-refractivity contribution >= 4 is 5.78 Å². The van der Waals surface area contributed by atoms with Gasteiger partial charge in [0, 0.05) is 24.4 Å². The molecule has 3 aliphatic rings. The minimum absolute atomic E-state index is 0.158. The summed E-state index contributed by atoms with van der Waals surface area (Å²) in [6.07, 6.45) is 5.94. The van der Waals surface area contributed by atoms with Gasteiger partial charge < -0.3 is 4.90 Å². The number of nitrogens with zero attached hydrogens (tertiary/aromatic N) is 1. The van der Waals surface area contributed by atoms with Gasteiger partial charge in [-0.2, -0.15) is 0 Å². The molecule has 2 saturated carbocycles. The van der Waals surface area contributed by atoms with Crippen molar-refractivity contribution in [2.45, 2.75) is 38.1 Å². The lowest BCUT2D eigenvalue weighted by atomic mass is 9.76. The highest BCUT2D eigenvalue weighted by Gasteiger charge is 2.66. The Morgan fingerprint density at radius 3 is 3.08 bits per heavy atom. The van der Waals surface area contributed by atoms with Crippen LogP contribution in [0.2, 0.25) is 0 Å². The molecule has 13 heavy (non-hydrogen) atoms. The highest BCUT2D eigenvalue weighted by atomic mass is 16.1. The second-order valence-corrected chi connectivity index (χ2v) is 5.04. The maximum Gasteiger partial charge on any atom is 0.142 e. The minimum Gasteiger partial charge on any atom is -0.302 e. The summed E-state index contributed by atoms with van der Waals surface area (Å²) in [6, 6.07) is 0.604. The third-order valence-corrected chi connectivity index (χ3v) is 4.52. The predicted octanol–water partition coefficient (Wildman–Crippen LogP) is 1.45. The van der Waals surface area contributed by atoms with Crippen LogP contribution in [-0.4, -0.2) is 30.3 Å². The van der Waals surface area contributed by atoms with Crippen LogP contribution in [0.25, 0.3) is 0 Å². The fourth-order valence-corrected chi connectivity index (χ4v) is 3.74. The molecular formula is C11H17NO. The van der Waals surface area contributed by atoms with Gasteiger partial charge in [-0.3, -0.25) is 4.79 Å². The molecule has 3 rings (SSSR count). The summed E-state index contributed by atoms with van der Waals surface area (Å²) in [5.41, 5.74) is 0.158. The minimum atomic E-state index is 0.158. The van der Waals surface area contributed by atoms with Gasteiger partial charge in [-0.1, -0.05) is 6.42 Å². The third-order valence-electron chi connectivity index (χ3n) is 4.52. The average Bonchev–Trinajstić information content (AvgIpc) is 2.86. The van der Waals surface area contributed by atoms with E-state index in [4.69, 9.17) is 0 Å². The van der Waals surface area contributed by atoms with E-state index < -0.39 is 0 Å². The fourth-order valence-electron chi connectivity index (χ4n) is 3.74. The monoisotopic (exact) mass is 179 g/mol. The van der Waals surface area contributed by atoms with Crippen LogP contribution in [-0.2, 0) is 4.79 Å². The normalized spacial score (nSPS) is 49.8. The van der Waals surface area contributed by atoms with Crippen molar-refractivity contribution < 1.29 is 4.79 Å². The van der Waals surface area contributed by atoms with E-state index in [9.17, 15) is 4.79 Å². The lowest BCUT2D eigenvalue weighted by Crippen LogP contribution is -2.51. The first-order valence-corrected chi connectivity index (χ1v) is 5.48. The van der Waals surface area contributed by atoms with Gasteiger partial charge in [-0.15, -0.1) is 0 Å². The summed E-state index contributed by atoms with van der Waals surface area (Å²) in [5, 5.41) is 0. The van der Waals surface area contributed by atoms with Gasteiger partial charge in [0.2, 0.25) is 0 Å². The van der Waals surface area contributed by atoms with E-state index in [-0.39, 0.29) is 5.41 Å². The molecule has 0 amide bonds. The first-order chi connectivity index (χ1) is 6.25. The Bertz CT molecular complexity index is 263. The molecule has 2 heteroatoms. The molecule has 0 aromatic heterocycles. The molecule has 1 aliphatic heterocycles. The predicted molar refractivity (Wildman–Crippen MR) is 50.4 cm³/mol. The summed E-state index contributed by atoms with van der Waals surface area (Å²) in [5.74, 6) is 1.35. The number of rotatable bonds is 0. The number of ketones is 1. The largest absolute Gasteiger partial charge is 0.302 e. The molecule has 1 heterocycles. The number of likely N-dealkylation sites (tertiary alicyclic amines) is 1. The molecule has 2 nitrogen and oxygen atoms in total. The van der Waals surface area contributed by atoms with Gasteiger partial charge in [-0.25, -0.2) is 0 Å². The molecule has 3 fully saturated rings. The number of carbonyl (C=O) groups excluding carboxylic acids is 1. The quantitative estimate of drug-likeness (QED) is 0.561. The number of Topliss-reactive ketones (excluding diaryl/α,β-unsaturated/α-hetero) is 1. The van der Waals surface area contributed by atoms with E-state index in [1.807, 2.05) is 0 Å². The zero-order valence-electron chi connectivity index (χ0n) is 8.25. The third kappa shape index (κ3) is 0.850. The smallest absolute Gasteiger partial charge is 0.142 e. The summed E-state index contributed by atoms with van der Waals surface area (Å²) < 4.78 is 0. The van der Waals surface area contributed by atoms with Gasteiger partial charge in [-0.05, 0) is 32.2 Å². The van der Waals surface area contributed by atoms with Gasteiger partial charge in [0.1, 0.15) is 5.78 Å². The van der Waals surface area contributed by atoms with Crippen molar-refractivity contribution in [3.05, 3.63) is 0 Å². The van der Waals surface area contributed by atoms with Gasteiger partial charge in [0.15, 0.2) is 0 Å². The molecule has 1 spiro atoms. The summed E-state index contributed by atoms with van der Waals surface area (Å²) in [4.78, 5) is 14.3. The Kier molecular flexibility index (Phi) is 1.44. The Morgan fingerprint density at radius 2 is 2.31 bits per heavy atom. The van der Waals surface area contributed by atoms with Crippen molar-refractivity contribution in [2.24, 2.45) is 11.3 Å². The maximum absolute atomic E-state index is 11.9. The van der Waals surface area contributed by atoms with Crippen molar-refractivity contribution in [1.29, 1.82) is 0 Å². The van der Waals surface area contributed by atoms with Crippen LogP contribution >= 0.6 is 0 Å². The Morgan fingerprint density at radius 1 is 1.46 bits per heavy atom. The van der Waals surface area contributed by atoms with Crippen LogP contribution in [0.1, 0.15) is 32.1 Å². The second kappa shape index (κ2) is 2.35. The van der Waals surface area contributed by atoms with Gasteiger partial charge in [0.05, 0.1) is 0 Å². The SMILES string of the molecule is CN1CCC(=O)[C@]23C[C@H]2CCC[C@H]13. The fraction of sp³-hybridized carbons (Fsp3) is 0.909. The molecule has 2 aliphatic carbocycles. The van der Waals surface area contributed by atoms with Crippen LogP contribution < -0.4 is 0 Å². The van der Waals surface area contributed by atoms with Gasteiger partial charge >= 0.3 is 0 Å². The standard InChI is InChI=1S/C11H17NO/c1-12-6-5-10(13)11-7-8(11)3-2-4-9(11)12/h8-9H,2-7H2,1H3/t8-,9+,11-/m1/s1. The van der Waals surface area contributed by atoms with Crippen molar-refractivity contribution in [3.63, 3.8) is 0 Å². The first-order valence-electron chi connectivity index (χ1n) is 5.48. The Labute approximate surface area is 79.3 Å². The van der Waals surface area contributed by atoms with E-state index >= 15 is 0 Å². The molecule has 0 radical (unpaired) electrons. The lowest BCUT2D eigenvalue weighted by Gasteiger charge is -2.41. The number of piperidine rings is 1. The van der Waals surface area contributed by atoms with E-state index in [1.165, 1.54) is 25.7 Å². The van der Waals surface area contributed by atoms with E-state index in [0.29, 0.717) is 11.8 Å². The maximum atomic E-state index is 11.9. The highest BCUT2D eigenvalue weighted by Crippen LogP contribution is 2.64. The van der Waals surface area contributed by atoms with Crippen molar-refractivity contribution in [2.75, 3.05) is 13.6 Å². The molecule has 0 bridgehead atoms. The Balaban J connectivity index is 1.95. The molecule has 0 unspecified atom stereocenters. The van der Waals surface area contributed by atoms with E-state index in [0.717, 1.165) is 18.9 Å². The summed E-state index contributed by atoms with van der Waals surface area (Å²) in [6.45, 7) is 0.998. The van der Waals surface area contributed by atoms with E-state index in [2.05, 4.69) is 11.9 Å². The first kappa shape index (κ1) is 7.98. The van der Waals surface area contributed by atoms with Crippen LogP contribution in [0.3, 0.4) is 0 Å². The number of hydrogen-bond donors (Lipinski definition) is 0. The molecule has 3 atom stereocenters. The molecular weight excluding hydrogens is 162 g/mol. The van der Waals surface area contributed by atoms with Crippen LogP contribution in [0.4, 0.5) is 0 Å². The van der Waals surface area contributed by atoms with E-state index in [1.54, 1.807) is 0 Å². The molecule has 0 aromatic carbocycles. The van der Waals surface area contributed by atoms with Crippen LogP contribution in [0, 0.1) is 11.3 Å². The average molecular weight is 179 g/mol. The lowest BCUT2D eigenvalue weighted by molar-refractivity contribution is -0.132. The zero-order valence-corrected chi connectivity index (χ0v) is 8.25. The summed E-state index contributed by atoms with van der Waals surface area (Å²) in [7, 11) is 2.19. The molecule has 1 saturated heterocycles. The molecule has 0 aromatic rings. The summed E-state index contributed by atoms with van der Waals surface area (Å²) >= 11 is 0.